The van der Waals surface area contributed by atoms with E-state index in [4.69, 9.17) is 0 Å². The second kappa shape index (κ2) is 11.4. The second-order valence-corrected chi connectivity index (χ2v) is 19.3. The molecule has 1 aromatic carbocycles. The topological polar surface area (TPSA) is 49.3 Å². The number of hydrogen-bond acceptors (Lipinski definition) is 2. The molecule has 29 heavy (non-hydrogen) atoms. The van der Waals surface area contributed by atoms with Crippen molar-refractivity contribution in [2.75, 3.05) is 0 Å². The van der Waals surface area contributed by atoms with E-state index in [1.807, 2.05) is 30.3 Å². The van der Waals surface area contributed by atoms with Crippen LogP contribution in [0.2, 0.25) is 39.3 Å². The van der Waals surface area contributed by atoms with E-state index in [1.165, 1.54) is 0 Å². The summed E-state index contributed by atoms with van der Waals surface area (Å²) in [6.07, 6.45) is 2.40. The largest absolute Gasteiger partial charge is 0.388 e. The van der Waals surface area contributed by atoms with Crippen molar-refractivity contribution in [1.29, 1.82) is 0 Å². The maximum atomic E-state index is 12.2. The van der Waals surface area contributed by atoms with E-state index in [2.05, 4.69) is 67.5 Å². The zero-order chi connectivity index (χ0) is 22.0. The molecule has 1 rings (SSSR count). The van der Waals surface area contributed by atoms with Gasteiger partial charge < -0.3 is 10.4 Å². The monoisotopic (exact) mass is 427 g/mol. The lowest BCUT2D eigenvalue weighted by molar-refractivity contribution is -0.121. The molecule has 0 aliphatic carbocycles. The molecule has 0 saturated heterocycles. The Morgan fingerprint density at radius 2 is 1.48 bits per heavy atom. The smallest absolute Gasteiger partial charge is 0.220 e. The molecule has 2 N–H and O–H groups in total. The van der Waals surface area contributed by atoms with Crippen LogP contribution < -0.4 is 5.32 Å². The molecule has 0 fully saturated rings. The first-order valence-corrected chi connectivity index (χ1v) is 17.4. The predicted octanol–water partition coefficient (Wildman–Crippen LogP) is 4.75. The molecule has 0 saturated carbocycles. The van der Waals surface area contributed by atoms with Crippen molar-refractivity contribution in [1.82, 2.24) is 5.32 Å². The zero-order valence-corrected chi connectivity index (χ0v) is 21.0. The van der Waals surface area contributed by atoms with E-state index >= 15 is 0 Å². The van der Waals surface area contributed by atoms with Gasteiger partial charge in [0.15, 0.2) is 0 Å². The van der Waals surface area contributed by atoms with Crippen molar-refractivity contribution in [3.63, 3.8) is 0 Å². The Morgan fingerprint density at radius 3 is 1.97 bits per heavy atom. The summed E-state index contributed by atoms with van der Waals surface area (Å²) in [6, 6.07) is 9.87. The molecule has 158 valence electrons. The van der Waals surface area contributed by atoms with Gasteiger partial charge in [-0.3, -0.25) is 4.79 Å². The molecular formula is C24H37NO2Si2. The molecule has 0 radical (unpaired) electrons. The highest BCUT2D eigenvalue weighted by molar-refractivity contribution is 6.84. The van der Waals surface area contributed by atoms with E-state index in [0.717, 1.165) is 5.56 Å². The number of aliphatic hydroxyl groups is 1. The van der Waals surface area contributed by atoms with Gasteiger partial charge in [0.1, 0.15) is 16.1 Å². The van der Waals surface area contributed by atoms with E-state index in [0.29, 0.717) is 38.6 Å². The van der Waals surface area contributed by atoms with Crippen molar-refractivity contribution < 1.29 is 9.90 Å². The highest BCUT2D eigenvalue weighted by Crippen LogP contribution is 2.22. The van der Waals surface area contributed by atoms with Crippen LogP contribution in [0.4, 0.5) is 0 Å². The van der Waals surface area contributed by atoms with Crippen molar-refractivity contribution >= 4 is 22.1 Å². The SMILES string of the molecule is C[Si](C)(C)C#CCC(O)(CC#C[Si](C)(C)C)CCCC(=O)NCc1ccccc1. The normalized spacial score (nSPS) is 11.7. The third-order valence-corrected chi connectivity index (χ3v) is 5.99. The third kappa shape index (κ3) is 13.1. The van der Waals surface area contributed by atoms with Gasteiger partial charge in [-0.05, 0) is 18.4 Å². The van der Waals surface area contributed by atoms with Crippen LogP contribution in [0.15, 0.2) is 30.3 Å². The Morgan fingerprint density at radius 1 is 0.966 bits per heavy atom. The number of hydrogen-bond donors (Lipinski definition) is 2. The van der Waals surface area contributed by atoms with Crippen molar-refractivity contribution in [3.05, 3.63) is 35.9 Å². The highest BCUT2D eigenvalue weighted by atomic mass is 28.3. The number of carbonyl (C=O) groups is 1. The molecule has 0 heterocycles. The molecule has 0 aliphatic heterocycles. The molecule has 0 aliphatic rings. The van der Waals surface area contributed by atoms with Gasteiger partial charge in [0.25, 0.3) is 0 Å². The summed E-state index contributed by atoms with van der Waals surface area (Å²) in [5.74, 6) is 6.42. The van der Waals surface area contributed by atoms with Crippen molar-refractivity contribution in [2.24, 2.45) is 0 Å². The summed E-state index contributed by atoms with van der Waals surface area (Å²) in [4.78, 5) is 12.2. The summed E-state index contributed by atoms with van der Waals surface area (Å²) in [5.41, 5.74) is 6.80. The summed E-state index contributed by atoms with van der Waals surface area (Å²) < 4.78 is 0. The number of benzene rings is 1. The summed E-state index contributed by atoms with van der Waals surface area (Å²) in [7, 11) is -2.95. The van der Waals surface area contributed by atoms with Crippen LogP contribution in [0, 0.1) is 22.9 Å². The number of nitrogens with one attached hydrogen (secondary N) is 1. The molecule has 0 unspecified atom stereocenters. The van der Waals surface area contributed by atoms with Crippen molar-refractivity contribution in [2.45, 2.75) is 83.5 Å². The first-order chi connectivity index (χ1) is 13.4. The first-order valence-electron chi connectivity index (χ1n) is 10.4. The Labute approximate surface area is 179 Å². The van der Waals surface area contributed by atoms with Crippen LogP contribution in [0.1, 0.15) is 37.7 Å². The van der Waals surface area contributed by atoms with Crippen LogP contribution in [0.5, 0.6) is 0 Å². The van der Waals surface area contributed by atoms with Crippen LogP contribution in [0.3, 0.4) is 0 Å². The molecule has 0 atom stereocenters. The fourth-order valence-electron chi connectivity index (χ4n) is 2.65. The zero-order valence-electron chi connectivity index (χ0n) is 19.0. The minimum absolute atomic E-state index is 0.0116. The number of carbonyl (C=O) groups excluding carboxylic acids is 1. The van der Waals surface area contributed by atoms with Crippen LogP contribution in [-0.2, 0) is 11.3 Å². The van der Waals surface area contributed by atoms with Crippen LogP contribution >= 0.6 is 0 Å². The molecule has 0 spiro atoms. The Kier molecular flexibility index (Phi) is 9.93. The lowest BCUT2D eigenvalue weighted by atomic mass is 9.90. The highest BCUT2D eigenvalue weighted by Gasteiger charge is 2.25. The summed E-state index contributed by atoms with van der Waals surface area (Å²) in [6.45, 7) is 13.7. The number of rotatable bonds is 8. The minimum Gasteiger partial charge on any atom is -0.388 e. The molecular weight excluding hydrogens is 390 g/mol. The molecule has 3 nitrogen and oxygen atoms in total. The average molecular weight is 428 g/mol. The van der Waals surface area contributed by atoms with Gasteiger partial charge in [-0.15, -0.1) is 22.9 Å². The predicted molar refractivity (Wildman–Crippen MR) is 129 cm³/mol. The lowest BCUT2D eigenvalue weighted by Crippen LogP contribution is -2.30. The molecule has 5 heteroatoms. The maximum absolute atomic E-state index is 12.2. The van der Waals surface area contributed by atoms with E-state index in [-0.39, 0.29) is 5.91 Å². The minimum atomic E-state index is -1.48. The Hall–Kier alpha value is -1.80. The third-order valence-electron chi connectivity index (χ3n) is 4.14. The van der Waals surface area contributed by atoms with Gasteiger partial charge >= 0.3 is 0 Å². The average Bonchev–Trinajstić information content (AvgIpc) is 2.58. The van der Waals surface area contributed by atoms with Gasteiger partial charge in [0.2, 0.25) is 5.91 Å². The quantitative estimate of drug-likeness (QED) is 0.465. The van der Waals surface area contributed by atoms with Gasteiger partial charge in [0, 0.05) is 25.8 Å². The molecule has 1 amide bonds. The molecule has 1 aromatic rings. The number of amides is 1. The molecule has 0 bridgehead atoms. The fraction of sp³-hybridized carbons (Fsp3) is 0.542. The van der Waals surface area contributed by atoms with E-state index in [9.17, 15) is 9.90 Å². The van der Waals surface area contributed by atoms with E-state index in [1.54, 1.807) is 0 Å². The summed E-state index contributed by atoms with van der Waals surface area (Å²) >= 11 is 0. The Balaban J connectivity index is 2.61. The van der Waals surface area contributed by atoms with Gasteiger partial charge in [-0.1, -0.05) is 69.6 Å². The van der Waals surface area contributed by atoms with Gasteiger partial charge in [-0.25, -0.2) is 0 Å². The molecule has 0 aromatic heterocycles. The van der Waals surface area contributed by atoms with E-state index < -0.39 is 21.7 Å². The lowest BCUT2D eigenvalue weighted by Gasteiger charge is -2.24. The van der Waals surface area contributed by atoms with Crippen LogP contribution in [0.25, 0.3) is 0 Å². The van der Waals surface area contributed by atoms with Gasteiger partial charge in [0.05, 0.1) is 5.60 Å². The standard InChI is InChI=1S/C24H37NO2Si2/c1-28(2,3)19-11-17-24(27,18-12-20-29(4,5)6)16-10-15-23(26)25-21-22-13-8-7-9-14-22/h7-9,13-14,27H,10,15-18,21H2,1-6H3,(H,25,26). The van der Waals surface area contributed by atoms with Crippen LogP contribution in [-0.4, -0.2) is 32.8 Å². The van der Waals surface area contributed by atoms with Gasteiger partial charge in [-0.2, -0.15) is 0 Å². The maximum Gasteiger partial charge on any atom is 0.220 e. The fourth-order valence-corrected chi connectivity index (χ4v) is 3.89. The summed E-state index contributed by atoms with van der Waals surface area (Å²) in [5, 5.41) is 14.1. The Bertz CT molecular complexity index is 735. The second-order valence-electron chi connectivity index (χ2n) is 9.80. The first kappa shape index (κ1) is 25.2. The van der Waals surface area contributed by atoms with Crippen molar-refractivity contribution in [3.8, 4) is 22.9 Å².